The maximum atomic E-state index is 11.5. The van der Waals surface area contributed by atoms with Crippen LogP contribution in [0, 0.1) is 0 Å². The van der Waals surface area contributed by atoms with E-state index in [0.717, 1.165) is 6.54 Å². The van der Waals surface area contributed by atoms with Crippen molar-refractivity contribution in [3.63, 3.8) is 0 Å². The van der Waals surface area contributed by atoms with Gasteiger partial charge < -0.3 is 14.7 Å². The van der Waals surface area contributed by atoms with Gasteiger partial charge in [-0.2, -0.15) is 5.10 Å². The first-order valence-corrected chi connectivity index (χ1v) is 6.05. The number of aliphatic hydroxyl groups is 1. The molecule has 0 saturated carbocycles. The maximum Gasteiger partial charge on any atom is 0.341 e. The van der Waals surface area contributed by atoms with Crippen molar-refractivity contribution in [2.45, 2.75) is 19.6 Å². The second kappa shape index (κ2) is 6.72. The molecule has 0 aliphatic rings. The smallest absolute Gasteiger partial charge is 0.341 e. The average molecular weight is 276 g/mol. The molecule has 18 heavy (non-hydrogen) atoms. The molecule has 0 bridgehead atoms. The van der Waals surface area contributed by atoms with Gasteiger partial charge in [0.05, 0.1) is 30.1 Å². The Morgan fingerprint density at radius 1 is 1.67 bits per heavy atom. The minimum absolute atomic E-state index is 0.208. The summed E-state index contributed by atoms with van der Waals surface area (Å²) in [5, 5.41) is 14.2. The van der Waals surface area contributed by atoms with Crippen LogP contribution in [-0.2, 0) is 16.1 Å². The fourth-order valence-corrected chi connectivity index (χ4v) is 1.69. The molecular formula is C11H18ClN3O3. The minimum Gasteiger partial charge on any atom is -0.464 e. The van der Waals surface area contributed by atoms with Gasteiger partial charge in [-0.1, -0.05) is 11.6 Å². The minimum atomic E-state index is -1.40. The predicted octanol–water partition coefficient (Wildman–Crippen LogP) is 0.695. The first-order chi connectivity index (χ1) is 8.47. The van der Waals surface area contributed by atoms with Crippen molar-refractivity contribution >= 4 is 17.6 Å². The van der Waals surface area contributed by atoms with Crippen LogP contribution in [0.3, 0.4) is 0 Å². The Balaban J connectivity index is 2.86. The molecule has 1 atom stereocenters. The number of ether oxygens (including phenoxy) is 1. The van der Waals surface area contributed by atoms with Gasteiger partial charge in [-0.05, 0) is 21.0 Å². The van der Waals surface area contributed by atoms with Crippen LogP contribution in [0.4, 0.5) is 0 Å². The van der Waals surface area contributed by atoms with Crippen molar-refractivity contribution in [3.8, 4) is 0 Å². The summed E-state index contributed by atoms with van der Waals surface area (Å²) in [5.74, 6) is -0.717. The van der Waals surface area contributed by atoms with E-state index in [2.05, 4.69) is 5.10 Å². The number of halogens is 1. The third-order valence-corrected chi connectivity index (χ3v) is 2.65. The van der Waals surface area contributed by atoms with Crippen LogP contribution in [0.1, 0.15) is 18.7 Å². The number of esters is 1. The highest BCUT2D eigenvalue weighted by atomic mass is 35.5. The van der Waals surface area contributed by atoms with Gasteiger partial charge in [0.1, 0.15) is 0 Å². The molecule has 1 aromatic rings. The number of hydrogen-bond donors (Lipinski definition) is 1. The third kappa shape index (κ3) is 3.69. The Labute approximate surface area is 111 Å². The molecule has 0 spiro atoms. The molecule has 6 nitrogen and oxygen atoms in total. The highest BCUT2D eigenvalue weighted by Crippen LogP contribution is 2.23. The quantitative estimate of drug-likeness (QED) is 0.774. The van der Waals surface area contributed by atoms with Gasteiger partial charge in [-0.15, -0.1) is 0 Å². The number of carbonyl (C=O) groups excluding carboxylic acids is 1. The molecule has 0 saturated heterocycles. The summed E-state index contributed by atoms with van der Waals surface area (Å²) in [6.07, 6.45) is 0.0109. The first kappa shape index (κ1) is 14.9. The summed E-state index contributed by atoms with van der Waals surface area (Å²) >= 11 is 5.93. The van der Waals surface area contributed by atoms with Crippen molar-refractivity contribution in [2.24, 2.45) is 0 Å². The summed E-state index contributed by atoms with van der Waals surface area (Å²) in [7, 11) is 3.85. The van der Waals surface area contributed by atoms with E-state index in [1.165, 1.54) is 10.9 Å². The number of carbonyl (C=O) groups is 1. The standard InChI is InChI=1S/C11H18ClN3O3/c1-4-18-11(17)10(16)9-8(12)7-13-15(9)6-5-14(2)3/h7,10,16H,4-6H2,1-3H3. The molecule has 0 amide bonds. The lowest BCUT2D eigenvalue weighted by molar-refractivity contribution is -0.153. The molecule has 0 aliphatic carbocycles. The summed E-state index contributed by atoms with van der Waals surface area (Å²) in [6.45, 7) is 3.14. The summed E-state index contributed by atoms with van der Waals surface area (Å²) in [5.41, 5.74) is 0.275. The Kier molecular flexibility index (Phi) is 5.58. The summed E-state index contributed by atoms with van der Waals surface area (Å²) in [6, 6.07) is 0. The number of rotatable bonds is 6. The predicted molar refractivity (Wildman–Crippen MR) is 67.4 cm³/mol. The highest BCUT2D eigenvalue weighted by molar-refractivity contribution is 6.31. The van der Waals surface area contributed by atoms with Crippen molar-refractivity contribution in [1.82, 2.24) is 14.7 Å². The fourth-order valence-electron chi connectivity index (χ4n) is 1.45. The number of nitrogens with zero attached hydrogens (tertiary/aromatic N) is 3. The zero-order chi connectivity index (χ0) is 13.7. The van der Waals surface area contributed by atoms with Gasteiger partial charge in [-0.25, -0.2) is 4.79 Å². The number of aromatic nitrogens is 2. The molecule has 1 aromatic heterocycles. The molecule has 1 unspecified atom stereocenters. The Hall–Kier alpha value is -1.11. The van der Waals surface area contributed by atoms with Gasteiger partial charge in [0.25, 0.3) is 0 Å². The van der Waals surface area contributed by atoms with Crippen LogP contribution < -0.4 is 0 Å². The van der Waals surface area contributed by atoms with E-state index in [1.54, 1.807) is 6.92 Å². The molecule has 1 rings (SSSR count). The molecule has 1 N–H and O–H groups in total. The van der Waals surface area contributed by atoms with Crippen LogP contribution in [0.25, 0.3) is 0 Å². The van der Waals surface area contributed by atoms with Crippen molar-refractivity contribution in [1.29, 1.82) is 0 Å². The lowest BCUT2D eigenvalue weighted by Crippen LogP contribution is -2.24. The molecule has 0 aliphatic heterocycles. The average Bonchev–Trinajstić information content (AvgIpc) is 2.67. The van der Waals surface area contributed by atoms with Crippen LogP contribution in [0.2, 0.25) is 5.02 Å². The van der Waals surface area contributed by atoms with Gasteiger partial charge in [0, 0.05) is 6.54 Å². The highest BCUT2D eigenvalue weighted by Gasteiger charge is 2.25. The first-order valence-electron chi connectivity index (χ1n) is 5.68. The van der Waals surface area contributed by atoms with E-state index >= 15 is 0 Å². The fraction of sp³-hybridized carbons (Fsp3) is 0.636. The van der Waals surface area contributed by atoms with Crippen molar-refractivity contribution < 1.29 is 14.6 Å². The summed E-state index contributed by atoms with van der Waals surface area (Å²) < 4.78 is 6.28. The summed E-state index contributed by atoms with van der Waals surface area (Å²) in [4.78, 5) is 13.5. The lowest BCUT2D eigenvalue weighted by atomic mass is 10.2. The second-order valence-corrected chi connectivity index (χ2v) is 4.47. The van der Waals surface area contributed by atoms with Gasteiger partial charge >= 0.3 is 5.97 Å². The Bertz CT molecular complexity index is 406. The zero-order valence-corrected chi connectivity index (χ0v) is 11.5. The van der Waals surface area contributed by atoms with Crippen LogP contribution in [-0.4, -0.2) is 53.0 Å². The SMILES string of the molecule is CCOC(=O)C(O)c1c(Cl)cnn1CCN(C)C. The zero-order valence-electron chi connectivity index (χ0n) is 10.8. The number of likely N-dealkylation sites (N-methyl/N-ethyl adjacent to an activating group) is 1. The van der Waals surface area contributed by atoms with E-state index in [9.17, 15) is 9.90 Å². The van der Waals surface area contributed by atoms with Crippen LogP contribution in [0.15, 0.2) is 6.20 Å². The van der Waals surface area contributed by atoms with Crippen molar-refractivity contribution in [2.75, 3.05) is 27.2 Å². The van der Waals surface area contributed by atoms with E-state index in [1.807, 2.05) is 19.0 Å². The third-order valence-electron chi connectivity index (χ3n) is 2.36. The van der Waals surface area contributed by atoms with Gasteiger partial charge in [0.2, 0.25) is 0 Å². The topological polar surface area (TPSA) is 67.6 Å². The Morgan fingerprint density at radius 3 is 2.89 bits per heavy atom. The molecule has 7 heteroatoms. The van der Waals surface area contributed by atoms with Crippen LogP contribution >= 0.6 is 11.6 Å². The lowest BCUT2D eigenvalue weighted by Gasteiger charge is -2.15. The molecule has 0 radical (unpaired) electrons. The number of hydrogen-bond acceptors (Lipinski definition) is 5. The molecule has 0 fully saturated rings. The van der Waals surface area contributed by atoms with E-state index in [-0.39, 0.29) is 17.3 Å². The monoisotopic (exact) mass is 275 g/mol. The van der Waals surface area contributed by atoms with Gasteiger partial charge in [-0.3, -0.25) is 4.68 Å². The van der Waals surface area contributed by atoms with E-state index in [0.29, 0.717) is 6.54 Å². The number of aliphatic hydroxyl groups excluding tert-OH is 1. The Morgan fingerprint density at radius 2 is 2.33 bits per heavy atom. The largest absolute Gasteiger partial charge is 0.464 e. The van der Waals surface area contributed by atoms with E-state index in [4.69, 9.17) is 16.3 Å². The molecule has 0 aromatic carbocycles. The molecule has 1 heterocycles. The normalized spacial score (nSPS) is 12.8. The molecule has 102 valence electrons. The van der Waals surface area contributed by atoms with Crippen LogP contribution in [0.5, 0.6) is 0 Å². The second-order valence-electron chi connectivity index (χ2n) is 4.06. The van der Waals surface area contributed by atoms with E-state index < -0.39 is 12.1 Å². The maximum absolute atomic E-state index is 11.5. The molecular weight excluding hydrogens is 258 g/mol. The van der Waals surface area contributed by atoms with Gasteiger partial charge in [0.15, 0.2) is 6.10 Å². The van der Waals surface area contributed by atoms with Crippen molar-refractivity contribution in [3.05, 3.63) is 16.9 Å².